The van der Waals surface area contributed by atoms with Gasteiger partial charge in [-0.25, -0.2) is 0 Å². The number of anilines is 2. The van der Waals surface area contributed by atoms with Gasteiger partial charge in [-0.2, -0.15) is 0 Å². The Bertz CT molecular complexity index is 1030. The molecule has 0 saturated heterocycles. The monoisotopic (exact) mass is 396 g/mol. The minimum atomic E-state index is -0.639. The van der Waals surface area contributed by atoms with Gasteiger partial charge in [0.15, 0.2) is 11.5 Å². The number of carbonyl (C=O) groups excluding carboxylic acids is 1. The number of hydrogen-bond donors (Lipinski definition) is 3. The van der Waals surface area contributed by atoms with Crippen molar-refractivity contribution >= 4 is 28.9 Å². The fourth-order valence-corrected chi connectivity index (χ4v) is 3.48. The number of rotatable bonds is 3. The number of methoxy groups -OCH3 is 1. The average molecular weight is 397 g/mol. The standard InChI is InChI=1S/C21H17ClN2O4/c1-28-14-8-6-13(7-9-14)24-20(12-10-16(22)19(26)18(25)11-12)23-17-5-3-2-4-15(17)21(24)27/h2-11,20,23,25-26H,1H3/t20-/m1/s1. The summed E-state index contributed by atoms with van der Waals surface area (Å²) in [5.74, 6) is -0.286. The molecule has 1 aliphatic rings. The highest BCUT2D eigenvalue weighted by atomic mass is 35.5. The van der Waals surface area contributed by atoms with Crippen LogP contribution < -0.4 is 15.0 Å². The second-order valence-electron chi connectivity index (χ2n) is 6.34. The molecule has 1 heterocycles. The molecule has 1 atom stereocenters. The third-order valence-corrected chi connectivity index (χ3v) is 4.95. The topological polar surface area (TPSA) is 82.0 Å². The first-order chi connectivity index (χ1) is 13.5. The van der Waals surface area contributed by atoms with Crippen LogP contribution in [0.5, 0.6) is 17.2 Å². The first-order valence-electron chi connectivity index (χ1n) is 8.54. The number of aromatic hydroxyl groups is 2. The molecule has 0 spiro atoms. The summed E-state index contributed by atoms with van der Waals surface area (Å²) in [6.07, 6.45) is -0.639. The minimum Gasteiger partial charge on any atom is -0.504 e. The Morgan fingerprint density at radius 1 is 1.07 bits per heavy atom. The number of carbonyl (C=O) groups is 1. The molecule has 3 aromatic rings. The molecule has 0 unspecified atom stereocenters. The van der Waals surface area contributed by atoms with Crippen LogP contribution in [0.2, 0.25) is 5.02 Å². The Labute approximate surface area is 166 Å². The Kier molecular flexibility index (Phi) is 4.49. The van der Waals surface area contributed by atoms with Crippen LogP contribution in [-0.4, -0.2) is 23.2 Å². The lowest BCUT2D eigenvalue weighted by molar-refractivity contribution is 0.0975. The summed E-state index contributed by atoms with van der Waals surface area (Å²) in [6, 6.07) is 17.2. The van der Waals surface area contributed by atoms with Gasteiger partial charge in [-0.1, -0.05) is 23.7 Å². The van der Waals surface area contributed by atoms with E-state index in [2.05, 4.69) is 5.32 Å². The number of amides is 1. The molecular formula is C21H17ClN2O4. The van der Waals surface area contributed by atoms with Gasteiger partial charge in [0.2, 0.25) is 0 Å². The molecule has 1 amide bonds. The van der Waals surface area contributed by atoms with E-state index in [-0.39, 0.29) is 16.7 Å². The summed E-state index contributed by atoms with van der Waals surface area (Å²) in [5.41, 5.74) is 2.37. The summed E-state index contributed by atoms with van der Waals surface area (Å²) >= 11 is 6.05. The van der Waals surface area contributed by atoms with E-state index in [1.807, 2.05) is 12.1 Å². The Hall–Kier alpha value is -3.38. The number of hydrogen-bond acceptors (Lipinski definition) is 5. The first-order valence-corrected chi connectivity index (χ1v) is 8.92. The number of ether oxygens (including phenoxy) is 1. The molecular weight excluding hydrogens is 380 g/mol. The first kappa shape index (κ1) is 18.0. The van der Waals surface area contributed by atoms with Crippen molar-refractivity contribution in [2.45, 2.75) is 6.17 Å². The van der Waals surface area contributed by atoms with Crippen LogP contribution in [0.25, 0.3) is 0 Å². The molecule has 0 fully saturated rings. The van der Waals surface area contributed by atoms with Gasteiger partial charge in [0.1, 0.15) is 11.9 Å². The normalized spacial score (nSPS) is 15.7. The molecule has 0 saturated carbocycles. The van der Waals surface area contributed by atoms with Gasteiger partial charge in [-0.05, 0) is 48.5 Å². The van der Waals surface area contributed by atoms with Crippen LogP contribution in [0.4, 0.5) is 11.4 Å². The van der Waals surface area contributed by atoms with Gasteiger partial charge >= 0.3 is 0 Å². The van der Waals surface area contributed by atoms with Crippen molar-refractivity contribution in [1.82, 2.24) is 0 Å². The van der Waals surface area contributed by atoms with E-state index in [0.717, 1.165) is 0 Å². The third-order valence-electron chi connectivity index (χ3n) is 4.66. The zero-order chi connectivity index (χ0) is 19.8. The predicted molar refractivity (Wildman–Crippen MR) is 107 cm³/mol. The summed E-state index contributed by atoms with van der Waals surface area (Å²) < 4.78 is 5.20. The van der Waals surface area contributed by atoms with Gasteiger partial charge < -0.3 is 20.3 Å². The molecule has 7 heteroatoms. The zero-order valence-electron chi connectivity index (χ0n) is 14.9. The van der Waals surface area contributed by atoms with Crippen molar-refractivity contribution in [2.24, 2.45) is 0 Å². The van der Waals surface area contributed by atoms with E-state index in [1.54, 1.807) is 48.4 Å². The Morgan fingerprint density at radius 3 is 2.46 bits per heavy atom. The molecule has 0 aliphatic carbocycles. The van der Waals surface area contributed by atoms with Crippen molar-refractivity contribution in [3.63, 3.8) is 0 Å². The fourth-order valence-electron chi connectivity index (χ4n) is 3.26. The summed E-state index contributed by atoms with van der Waals surface area (Å²) in [7, 11) is 1.57. The summed E-state index contributed by atoms with van der Waals surface area (Å²) in [6.45, 7) is 0. The lowest BCUT2D eigenvalue weighted by Crippen LogP contribution is -2.43. The quantitative estimate of drug-likeness (QED) is 0.566. The third kappa shape index (κ3) is 2.97. The van der Waals surface area contributed by atoms with Crippen molar-refractivity contribution in [3.05, 3.63) is 76.8 Å². The van der Waals surface area contributed by atoms with E-state index in [9.17, 15) is 15.0 Å². The van der Waals surface area contributed by atoms with Crippen molar-refractivity contribution in [3.8, 4) is 17.2 Å². The predicted octanol–water partition coefficient (Wildman–Crippen LogP) is 4.53. The highest BCUT2D eigenvalue weighted by molar-refractivity contribution is 6.32. The smallest absolute Gasteiger partial charge is 0.262 e. The number of halogens is 1. The van der Waals surface area contributed by atoms with Gasteiger partial charge in [-0.15, -0.1) is 0 Å². The molecule has 28 heavy (non-hydrogen) atoms. The van der Waals surface area contributed by atoms with Crippen molar-refractivity contribution in [2.75, 3.05) is 17.3 Å². The van der Waals surface area contributed by atoms with E-state index >= 15 is 0 Å². The van der Waals surface area contributed by atoms with Gasteiger partial charge in [-0.3, -0.25) is 9.69 Å². The van der Waals surface area contributed by atoms with E-state index < -0.39 is 11.9 Å². The van der Waals surface area contributed by atoms with Crippen LogP contribution in [-0.2, 0) is 0 Å². The van der Waals surface area contributed by atoms with Crippen LogP contribution in [0.1, 0.15) is 22.1 Å². The minimum absolute atomic E-state index is 0.00205. The Balaban J connectivity index is 1.87. The maximum Gasteiger partial charge on any atom is 0.262 e. The molecule has 0 radical (unpaired) electrons. The van der Waals surface area contributed by atoms with Crippen LogP contribution >= 0.6 is 11.6 Å². The molecule has 0 aromatic heterocycles. The second-order valence-corrected chi connectivity index (χ2v) is 6.74. The van der Waals surface area contributed by atoms with Gasteiger partial charge in [0.25, 0.3) is 5.91 Å². The van der Waals surface area contributed by atoms with Crippen LogP contribution in [0.3, 0.4) is 0 Å². The number of phenols is 2. The average Bonchev–Trinajstić information content (AvgIpc) is 2.72. The summed E-state index contributed by atoms with van der Waals surface area (Å²) in [4.78, 5) is 14.9. The molecule has 0 bridgehead atoms. The molecule has 6 nitrogen and oxygen atoms in total. The molecule has 1 aliphatic heterocycles. The number of fused-ring (bicyclic) bond motifs is 1. The highest BCUT2D eigenvalue weighted by Gasteiger charge is 2.34. The lowest BCUT2D eigenvalue weighted by Gasteiger charge is -2.38. The fraction of sp³-hybridized carbons (Fsp3) is 0.0952. The number of nitrogens with zero attached hydrogens (tertiary/aromatic N) is 1. The van der Waals surface area contributed by atoms with Gasteiger partial charge in [0.05, 0.1) is 17.7 Å². The molecule has 142 valence electrons. The second kappa shape index (κ2) is 6.98. The lowest BCUT2D eigenvalue weighted by atomic mass is 10.0. The highest BCUT2D eigenvalue weighted by Crippen LogP contribution is 2.41. The van der Waals surface area contributed by atoms with Crippen molar-refractivity contribution in [1.29, 1.82) is 0 Å². The van der Waals surface area contributed by atoms with E-state index in [4.69, 9.17) is 16.3 Å². The van der Waals surface area contributed by atoms with Crippen LogP contribution in [0.15, 0.2) is 60.7 Å². The van der Waals surface area contributed by atoms with Crippen LogP contribution in [0, 0.1) is 0 Å². The van der Waals surface area contributed by atoms with Gasteiger partial charge in [0, 0.05) is 16.9 Å². The zero-order valence-corrected chi connectivity index (χ0v) is 15.6. The van der Waals surface area contributed by atoms with E-state index in [1.165, 1.54) is 12.1 Å². The van der Waals surface area contributed by atoms with E-state index in [0.29, 0.717) is 28.3 Å². The molecule has 3 aromatic carbocycles. The number of phenolic OH excluding ortho intramolecular Hbond substituents is 2. The van der Waals surface area contributed by atoms with Crippen molar-refractivity contribution < 1.29 is 19.7 Å². The largest absolute Gasteiger partial charge is 0.504 e. The number of benzene rings is 3. The Morgan fingerprint density at radius 2 is 1.79 bits per heavy atom. The maximum absolute atomic E-state index is 13.3. The molecule has 4 rings (SSSR count). The SMILES string of the molecule is COc1ccc(N2C(=O)c3ccccc3N[C@H]2c2cc(O)c(O)c(Cl)c2)cc1. The number of nitrogens with one attached hydrogen (secondary N) is 1. The maximum atomic E-state index is 13.3. The molecule has 3 N–H and O–H groups in total. The number of para-hydroxylation sites is 1. The summed E-state index contributed by atoms with van der Waals surface area (Å²) in [5, 5.41) is 23.1.